The summed E-state index contributed by atoms with van der Waals surface area (Å²) < 4.78 is 12.2. The van der Waals surface area contributed by atoms with Crippen molar-refractivity contribution in [1.82, 2.24) is 5.32 Å². The molecule has 1 fully saturated rings. The van der Waals surface area contributed by atoms with Gasteiger partial charge in [-0.05, 0) is 37.1 Å². The van der Waals surface area contributed by atoms with Crippen LogP contribution in [0.1, 0.15) is 42.9 Å². The van der Waals surface area contributed by atoms with Crippen LogP contribution in [-0.2, 0) is 9.53 Å². The molecule has 1 saturated heterocycles. The van der Waals surface area contributed by atoms with Crippen molar-refractivity contribution in [2.45, 2.75) is 50.0 Å². The average molecular weight is 411 g/mol. The van der Waals surface area contributed by atoms with Gasteiger partial charge in [-0.15, -0.1) is 0 Å². The van der Waals surface area contributed by atoms with Crippen molar-refractivity contribution >= 4 is 11.6 Å². The number of nitrogens with one attached hydrogen (secondary N) is 1. The minimum atomic E-state index is -0.441. The second-order valence-electron chi connectivity index (χ2n) is 8.42. The third-order valence-electron chi connectivity index (χ3n) is 6.09. The molecule has 0 aromatic heterocycles. The summed E-state index contributed by atoms with van der Waals surface area (Å²) >= 11 is 0. The van der Waals surface area contributed by atoms with Gasteiger partial charge in [0.15, 0.2) is 0 Å². The number of hydrogen-bond donors (Lipinski definition) is 2. The first-order chi connectivity index (χ1) is 14.5. The number of carbonyl (C=O) groups excluding carboxylic acids is 1. The molecular formula is C24H30N2O4. The highest BCUT2D eigenvalue weighted by molar-refractivity contribution is 5.77. The van der Waals surface area contributed by atoms with Crippen molar-refractivity contribution in [3.63, 3.8) is 0 Å². The number of aliphatic hydroxyl groups is 1. The Bertz CT molecular complexity index is 886. The first-order valence-electron chi connectivity index (χ1n) is 10.5. The van der Waals surface area contributed by atoms with Crippen molar-refractivity contribution in [2.75, 3.05) is 25.6 Å². The highest BCUT2D eigenvalue weighted by atomic mass is 16.6. The fraction of sp³-hybridized carbons (Fsp3) is 0.458. The van der Waals surface area contributed by atoms with Crippen LogP contribution in [0.3, 0.4) is 0 Å². The van der Waals surface area contributed by atoms with Gasteiger partial charge in [0, 0.05) is 31.3 Å². The van der Waals surface area contributed by atoms with E-state index in [9.17, 15) is 9.90 Å². The van der Waals surface area contributed by atoms with E-state index in [1.54, 1.807) is 0 Å². The SMILES string of the molecule is C[C@H](NC(=O)C[C@H]1C[C@H]2c3cc(N(C)C)ccc3O[C@H]2[C@@H](CO)O1)c1ccccc1. The van der Waals surface area contributed by atoms with E-state index >= 15 is 0 Å². The van der Waals surface area contributed by atoms with Crippen LogP contribution in [0.5, 0.6) is 5.75 Å². The Labute approximate surface area is 177 Å². The number of ether oxygens (including phenoxy) is 2. The van der Waals surface area contributed by atoms with Gasteiger partial charge in [0.05, 0.1) is 25.2 Å². The summed E-state index contributed by atoms with van der Waals surface area (Å²) in [6, 6.07) is 16.0. The molecule has 160 valence electrons. The minimum Gasteiger partial charge on any atom is -0.487 e. The van der Waals surface area contributed by atoms with Gasteiger partial charge in [-0.3, -0.25) is 4.79 Å². The van der Waals surface area contributed by atoms with Crippen molar-refractivity contribution in [3.05, 3.63) is 59.7 Å². The van der Waals surface area contributed by atoms with E-state index in [1.807, 2.05) is 63.5 Å². The van der Waals surface area contributed by atoms with Crippen LogP contribution >= 0.6 is 0 Å². The molecule has 2 aliphatic heterocycles. The molecule has 2 N–H and O–H groups in total. The summed E-state index contributed by atoms with van der Waals surface area (Å²) in [5, 5.41) is 13.0. The highest BCUT2D eigenvalue weighted by Crippen LogP contribution is 2.47. The van der Waals surface area contributed by atoms with E-state index in [1.165, 1.54) is 0 Å². The van der Waals surface area contributed by atoms with E-state index in [0.717, 1.165) is 22.6 Å². The Morgan fingerprint density at radius 3 is 2.70 bits per heavy atom. The molecule has 1 amide bonds. The van der Waals surface area contributed by atoms with Crippen molar-refractivity contribution in [2.24, 2.45) is 0 Å². The molecule has 6 heteroatoms. The van der Waals surface area contributed by atoms with Crippen LogP contribution in [0.15, 0.2) is 48.5 Å². The lowest BCUT2D eigenvalue weighted by atomic mass is 9.84. The van der Waals surface area contributed by atoms with Gasteiger partial charge >= 0.3 is 0 Å². The quantitative estimate of drug-likeness (QED) is 0.766. The number of fused-ring (bicyclic) bond motifs is 3. The van der Waals surface area contributed by atoms with Crippen LogP contribution in [-0.4, -0.2) is 50.0 Å². The van der Waals surface area contributed by atoms with E-state index in [0.29, 0.717) is 6.42 Å². The second-order valence-corrected chi connectivity index (χ2v) is 8.42. The highest BCUT2D eigenvalue weighted by Gasteiger charge is 2.46. The summed E-state index contributed by atoms with van der Waals surface area (Å²) in [4.78, 5) is 14.7. The number of amides is 1. The molecule has 5 atom stereocenters. The molecule has 0 unspecified atom stereocenters. The molecule has 6 nitrogen and oxygen atoms in total. The summed E-state index contributed by atoms with van der Waals surface area (Å²) in [7, 11) is 4.02. The maximum Gasteiger partial charge on any atom is 0.223 e. The topological polar surface area (TPSA) is 71.0 Å². The predicted octanol–water partition coefficient (Wildman–Crippen LogP) is 3.01. The smallest absolute Gasteiger partial charge is 0.223 e. The van der Waals surface area contributed by atoms with Crippen molar-refractivity contribution in [3.8, 4) is 5.75 Å². The monoisotopic (exact) mass is 410 g/mol. The van der Waals surface area contributed by atoms with Gasteiger partial charge in [-0.2, -0.15) is 0 Å². The molecule has 2 aromatic rings. The number of anilines is 1. The lowest BCUT2D eigenvalue weighted by molar-refractivity contribution is -0.142. The lowest BCUT2D eigenvalue weighted by Gasteiger charge is -2.37. The minimum absolute atomic E-state index is 0.0485. The second kappa shape index (κ2) is 8.66. The maximum absolute atomic E-state index is 12.7. The van der Waals surface area contributed by atoms with E-state index in [4.69, 9.17) is 9.47 Å². The third-order valence-corrected chi connectivity index (χ3v) is 6.09. The van der Waals surface area contributed by atoms with Crippen molar-refractivity contribution < 1.29 is 19.4 Å². The molecule has 0 spiro atoms. The van der Waals surface area contributed by atoms with Crippen LogP contribution in [0.4, 0.5) is 5.69 Å². The number of aliphatic hydroxyl groups excluding tert-OH is 1. The Hall–Kier alpha value is -2.57. The molecule has 4 rings (SSSR count). The Kier molecular flexibility index (Phi) is 5.97. The lowest BCUT2D eigenvalue weighted by Crippen LogP contribution is -2.47. The van der Waals surface area contributed by atoms with Crippen LogP contribution in [0.2, 0.25) is 0 Å². The number of nitrogens with zero attached hydrogens (tertiary/aromatic N) is 1. The zero-order chi connectivity index (χ0) is 21.3. The van der Waals surface area contributed by atoms with Gasteiger partial charge in [-0.1, -0.05) is 30.3 Å². The van der Waals surface area contributed by atoms with Crippen LogP contribution in [0, 0.1) is 0 Å². The van der Waals surface area contributed by atoms with Gasteiger partial charge in [0.25, 0.3) is 0 Å². The van der Waals surface area contributed by atoms with Gasteiger partial charge in [0.1, 0.15) is 18.0 Å². The number of hydrogen-bond acceptors (Lipinski definition) is 5. The fourth-order valence-electron chi connectivity index (χ4n) is 4.49. The average Bonchev–Trinajstić information content (AvgIpc) is 3.11. The summed E-state index contributed by atoms with van der Waals surface area (Å²) in [5.74, 6) is 0.906. The largest absolute Gasteiger partial charge is 0.487 e. The Morgan fingerprint density at radius 1 is 1.23 bits per heavy atom. The van der Waals surface area contributed by atoms with Gasteiger partial charge in [-0.25, -0.2) is 0 Å². The van der Waals surface area contributed by atoms with Crippen LogP contribution < -0.4 is 15.0 Å². The molecule has 0 aliphatic carbocycles. The summed E-state index contributed by atoms with van der Waals surface area (Å²) in [6.07, 6.45) is 0.0369. The van der Waals surface area contributed by atoms with E-state index < -0.39 is 6.10 Å². The zero-order valence-electron chi connectivity index (χ0n) is 17.7. The number of rotatable bonds is 6. The Balaban J connectivity index is 1.45. The predicted molar refractivity (Wildman–Crippen MR) is 116 cm³/mol. The molecule has 2 heterocycles. The van der Waals surface area contributed by atoms with E-state index in [-0.39, 0.29) is 43.1 Å². The molecule has 2 aromatic carbocycles. The molecule has 0 bridgehead atoms. The molecule has 0 saturated carbocycles. The first kappa shape index (κ1) is 20.7. The molecular weight excluding hydrogens is 380 g/mol. The first-order valence-corrected chi connectivity index (χ1v) is 10.5. The summed E-state index contributed by atoms with van der Waals surface area (Å²) in [6.45, 7) is 1.85. The zero-order valence-corrected chi connectivity index (χ0v) is 17.7. The fourth-order valence-corrected chi connectivity index (χ4v) is 4.49. The van der Waals surface area contributed by atoms with Gasteiger partial charge < -0.3 is 24.8 Å². The van der Waals surface area contributed by atoms with Crippen LogP contribution in [0.25, 0.3) is 0 Å². The number of benzene rings is 2. The number of carbonyl (C=O) groups is 1. The maximum atomic E-state index is 12.7. The van der Waals surface area contributed by atoms with Crippen molar-refractivity contribution in [1.29, 1.82) is 0 Å². The summed E-state index contributed by atoms with van der Waals surface area (Å²) in [5.41, 5.74) is 3.31. The third kappa shape index (κ3) is 4.16. The molecule has 0 radical (unpaired) electrons. The van der Waals surface area contributed by atoms with E-state index in [2.05, 4.69) is 16.3 Å². The normalized spacial score (nSPS) is 25.6. The molecule has 2 aliphatic rings. The standard InChI is InChI=1S/C24H30N2O4/c1-15(16-7-5-4-6-8-16)25-23(28)13-18-12-20-19-11-17(26(2)3)9-10-21(19)30-24(20)22(14-27)29-18/h4-11,15,18,20,22,24,27H,12-14H2,1-3H3,(H,25,28)/t15-,18+,20-,22+,24+/m0/s1. The van der Waals surface area contributed by atoms with Gasteiger partial charge in [0.2, 0.25) is 5.91 Å². The Morgan fingerprint density at radius 2 is 2.00 bits per heavy atom. The molecule has 30 heavy (non-hydrogen) atoms.